The Bertz CT molecular complexity index is 1170. The summed E-state index contributed by atoms with van der Waals surface area (Å²) in [6.45, 7) is 0. The molecule has 0 unspecified atom stereocenters. The second kappa shape index (κ2) is 6.01. The summed E-state index contributed by atoms with van der Waals surface area (Å²) < 4.78 is 4.21. The van der Waals surface area contributed by atoms with Crippen LogP contribution in [0, 0.1) is 0 Å². The highest BCUT2D eigenvalue weighted by molar-refractivity contribution is 5.83. The van der Waals surface area contributed by atoms with Gasteiger partial charge in [-0.2, -0.15) is 0 Å². The molecule has 5 rings (SSSR count). The van der Waals surface area contributed by atoms with Crippen LogP contribution in [0.4, 0.5) is 0 Å². The molecular formula is C22H16N4. The normalized spacial score (nSPS) is 11.1. The van der Waals surface area contributed by atoms with E-state index in [0.717, 1.165) is 33.7 Å². The largest absolute Gasteiger partial charge is 0.299 e. The molecule has 0 radical (unpaired) electrons. The molecule has 0 saturated heterocycles. The third kappa shape index (κ3) is 2.40. The fraction of sp³-hybridized carbons (Fsp3) is 0. The van der Waals surface area contributed by atoms with E-state index in [9.17, 15) is 0 Å². The van der Waals surface area contributed by atoms with E-state index in [4.69, 9.17) is 0 Å². The predicted molar refractivity (Wildman–Crippen MR) is 104 cm³/mol. The van der Waals surface area contributed by atoms with Crippen LogP contribution >= 0.6 is 0 Å². The molecule has 5 aromatic rings. The number of hydrogen-bond donors (Lipinski definition) is 0. The summed E-state index contributed by atoms with van der Waals surface area (Å²) in [6, 6.07) is 26.8. The minimum absolute atomic E-state index is 0.975. The van der Waals surface area contributed by atoms with Gasteiger partial charge >= 0.3 is 0 Å². The summed E-state index contributed by atoms with van der Waals surface area (Å²) in [7, 11) is 0. The molecule has 0 aliphatic carbocycles. The fourth-order valence-corrected chi connectivity index (χ4v) is 3.26. The number of imidazole rings is 2. The van der Waals surface area contributed by atoms with E-state index in [-0.39, 0.29) is 0 Å². The van der Waals surface area contributed by atoms with Gasteiger partial charge in [0.1, 0.15) is 6.33 Å². The lowest BCUT2D eigenvalue weighted by molar-refractivity contribution is 1.06. The molecule has 0 atom stereocenters. The van der Waals surface area contributed by atoms with Gasteiger partial charge in [-0.3, -0.25) is 9.13 Å². The van der Waals surface area contributed by atoms with E-state index in [0.29, 0.717) is 0 Å². The minimum Gasteiger partial charge on any atom is -0.299 e. The Hall–Kier alpha value is -3.66. The summed E-state index contributed by atoms with van der Waals surface area (Å²) in [5.74, 6) is 0. The van der Waals surface area contributed by atoms with Crippen molar-refractivity contribution in [2.45, 2.75) is 0 Å². The smallest absolute Gasteiger partial charge is 0.100 e. The van der Waals surface area contributed by atoms with E-state index in [1.54, 1.807) is 0 Å². The van der Waals surface area contributed by atoms with Crippen molar-refractivity contribution < 1.29 is 0 Å². The number of benzene rings is 3. The van der Waals surface area contributed by atoms with E-state index in [1.165, 1.54) is 0 Å². The Morgan fingerprint density at radius 3 is 2.08 bits per heavy atom. The maximum Gasteiger partial charge on any atom is 0.100 e. The number of aromatic nitrogens is 4. The molecule has 0 fully saturated rings. The van der Waals surface area contributed by atoms with Gasteiger partial charge < -0.3 is 0 Å². The van der Waals surface area contributed by atoms with Crippen LogP contribution in [0.2, 0.25) is 0 Å². The quantitative estimate of drug-likeness (QED) is 0.471. The van der Waals surface area contributed by atoms with Crippen LogP contribution in [0.1, 0.15) is 0 Å². The highest BCUT2D eigenvalue weighted by Crippen LogP contribution is 2.27. The van der Waals surface area contributed by atoms with Crippen molar-refractivity contribution in [1.82, 2.24) is 19.1 Å². The van der Waals surface area contributed by atoms with E-state index < -0.39 is 0 Å². The second-order valence-corrected chi connectivity index (χ2v) is 6.14. The first-order valence-corrected chi connectivity index (χ1v) is 8.51. The summed E-state index contributed by atoms with van der Waals surface area (Å²) in [5, 5.41) is 0. The van der Waals surface area contributed by atoms with Crippen molar-refractivity contribution in [2.75, 3.05) is 0 Å². The van der Waals surface area contributed by atoms with E-state index >= 15 is 0 Å². The van der Waals surface area contributed by atoms with Crippen molar-refractivity contribution in [1.29, 1.82) is 0 Å². The van der Waals surface area contributed by atoms with Crippen LogP contribution in [0.15, 0.2) is 97.7 Å². The molecule has 0 aliphatic rings. The molecule has 26 heavy (non-hydrogen) atoms. The maximum absolute atomic E-state index is 4.54. The Labute approximate surface area is 151 Å². The summed E-state index contributed by atoms with van der Waals surface area (Å²) in [6.07, 6.45) is 5.62. The Morgan fingerprint density at radius 1 is 0.654 bits per heavy atom. The lowest BCUT2D eigenvalue weighted by Gasteiger charge is -2.09. The first-order chi connectivity index (χ1) is 12.9. The van der Waals surface area contributed by atoms with E-state index in [2.05, 4.69) is 61.6 Å². The van der Waals surface area contributed by atoms with Crippen LogP contribution < -0.4 is 0 Å². The molecule has 0 spiro atoms. The van der Waals surface area contributed by atoms with Gasteiger partial charge in [0, 0.05) is 16.9 Å². The molecule has 0 saturated carbocycles. The molecular weight excluding hydrogens is 320 g/mol. The standard InChI is InChI=1S/C22H16N4/c1-3-7-18(8-4-1)25-15-23-14-22(25)17-11-12-20-21(13-17)26(16-24-20)19-9-5-2-6-10-19/h1-16H. The van der Waals surface area contributed by atoms with Gasteiger partial charge in [-0.15, -0.1) is 0 Å². The molecule has 4 nitrogen and oxygen atoms in total. The van der Waals surface area contributed by atoms with Gasteiger partial charge in [-0.1, -0.05) is 42.5 Å². The Balaban J connectivity index is 1.67. The van der Waals surface area contributed by atoms with Crippen molar-refractivity contribution in [3.63, 3.8) is 0 Å². The predicted octanol–water partition coefficient (Wildman–Crippen LogP) is 4.88. The van der Waals surface area contributed by atoms with Crippen LogP contribution in [0.25, 0.3) is 33.7 Å². The average Bonchev–Trinajstić information content (AvgIpc) is 3.36. The summed E-state index contributed by atoms with van der Waals surface area (Å²) >= 11 is 0. The van der Waals surface area contributed by atoms with Gasteiger partial charge in [0.25, 0.3) is 0 Å². The summed E-state index contributed by atoms with van der Waals surface area (Å²) in [5.41, 5.74) is 6.41. The van der Waals surface area contributed by atoms with Crippen molar-refractivity contribution >= 4 is 11.0 Å². The Morgan fingerprint density at radius 2 is 1.35 bits per heavy atom. The first kappa shape index (κ1) is 14.7. The number of hydrogen-bond acceptors (Lipinski definition) is 2. The highest BCUT2D eigenvalue weighted by Gasteiger charge is 2.10. The van der Waals surface area contributed by atoms with Gasteiger partial charge in [-0.05, 0) is 36.4 Å². The van der Waals surface area contributed by atoms with Crippen LogP contribution in [-0.4, -0.2) is 19.1 Å². The van der Waals surface area contributed by atoms with E-state index in [1.807, 2.05) is 55.2 Å². The second-order valence-electron chi connectivity index (χ2n) is 6.14. The number of para-hydroxylation sites is 2. The van der Waals surface area contributed by atoms with Gasteiger partial charge in [0.15, 0.2) is 0 Å². The SMILES string of the molecule is c1ccc(-n2cncc2-c2ccc3ncn(-c4ccccc4)c3c2)cc1. The molecule has 3 aromatic carbocycles. The molecule has 0 N–H and O–H groups in total. The average molecular weight is 336 g/mol. The summed E-state index contributed by atoms with van der Waals surface area (Å²) in [4.78, 5) is 8.90. The molecule has 0 aliphatic heterocycles. The lowest BCUT2D eigenvalue weighted by Crippen LogP contribution is -1.95. The lowest BCUT2D eigenvalue weighted by atomic mass is 10.1. The molecule has 0 amide bonds. The molecule has 124 valence electrons. The zero-order chi connectivity index (χ0) is 17.3. The zero-order valence-corrected chi connectivity index (χ0v) is 14.0. The van der Waals surface area contributed by atoms with Crippen LogP contribution in [0.3, 0.4) is 0 Å². The molecule has 2 aromatic heterocycles. The maximum atomic E-state index is 4.54. The van der Waals surface area contributed by atoms with Gasteiger partial charge in [-0.25, -0.2) is 9.97 Å². The Kier molecular flexibility index (Phi) is 3.39. The molecule has 0 bridgehead atoms. The highest BCUT2D eigenvalue weighted by atomic mass is 15.1. The number of fused-ring (bicyclic) bond motifs is 1. The zero-order valence-electron chi connectivity index (χ0n) is 14.0. The van der Waals surface area contributed by atoms with Crippen molar-refractivity contribution in [3.8, 4) is 22.6 Å². The van der Waals surface area contributed by atoms with Crippen molar-refractivity contribution in [3.05, 3.63) is 97.7 Å². The number of nitrogens with zero attached hydrogens (tertiary/aromatic N) is 4. The van der Waals surface area contributed by atoms with Crippen LogP contribution in [-0.2, 0) is 0 Å². The van der Waals surface area contributed by atoms with Gasteiger partial charge in [0.2, 0.25) is 0 Å². The third-order valence-electron chi connectivity index (χ3n) is 4.55. The minimum atomic E-state index is 0.975. The number of rotatable bonds is 3. The van der Waals surface area contributed by atoms with Crippen molar-refractivity contribution in [2.24, 2.45) is 0 Å². The fourth-order valence-electron chi connectivity index (χ4n) is 3.26. The van der Waals surface area contributed by atoms with Gasteiger partial charge in [0.05, 0.1) is 29.3 Å². The third-order valence-corrected chi connectivity index (χ3v) is 4.55. The monoisotopic (exact) mass is 336 g/mol. The van der Waals surface area contributed by atoms with Crippen LogP contribution in [0.5, 0.6) is 0 Å². The molecule has 2 heterocycles. The first-order valence-electron chi connectivity index (χ1n) is 8.51. The topological polar surface area (TPSA) is 35.6 Å². The molecule has 4 heteroatoms.